The fourth-order valence-corrected chi connectivity index (χ4v) is 22.0. The van der Waals surface area contributed by atoms with Crippen molar-refractivity contribution in [3.8, 4) is 84.3 Å². The average Bonchev–Trinajstić information content (AvgIpc) is 1.58. The van der Waals surface area contributed by atoms with E-state index in [1.807, 2.05) is 0 Å². The molecule has 3 aliphatic carbocycles. The average molecular weight is 1650 g/mol. The molecule has 0 saturated carbocycles. The largest absolute Gasteiger partial charge is 0.310 e. The first-order valence-electron chi connectivity index (χ1n) is 44.8. The summed E-state index contributed by atoms with van der Waals surface area (Å²) < 4.78 is 7.20. The zero-order valence-electron chi connectivity index (χ0n) is 72.5. The molecule has 25 rings (SSSR count). The summed E-state index contributed by atoms with van der Waals surface area (Å²) in [6.07, 6.45) is 0. The first-order valence-corrected chi connectivity index (χ1v) is 44.8. The maximum atomic E-state index is 5.91. The normalized spacial score (nSPS) is 13.5. The molecular weight excluding hydrogens is 1570 g/mol. The highest BCUT2D eigenvalue weighted by molar-refractivity contribution is 6.14. The highest BCUT2D eigenvalue weighted by Crippen LogP contribution is 2.56. The van der Waals surface area contributed by atoms with Crippen LogP contribution in [0, 0.1) is 0 Å². The van der Waals surface area contributed by atoms with E-state index < -0.39 is 0 Å². The van der Waals surface area contributed by atoms with Gasteiger partial charge in [-0.15, -0.1) is 0 Å². The smallest absolute Gasteiger partial charge is 0.160 e. The summed E-state index contributed by atoms with van der Waals surface area (Å²) in [6, 6.07) is 157. The number of hydrogen-bond donors (Lipinski definition) is 0. The molecule has 0 unspecified atom stereocenters. The number of hydrogen-bond acceptors (Lipinski definition) is 5. The summed E-state index contributed by atoms with van der Waals surface area (Å²) in [5.74, 6) is 0.585. The van der Waals surface area contributed by atoms with Crippen molar-refractivity contribution in [2.24, 2.45) is 0 Å². The van der Waals surface area contributed by atoms with Gasteiger partial charge in [0.1, 0.15) is 0 Å². The number of nitrogens with zero attached hydrogens (tertiary/aromatic N) is 8. The molecule has 129 heavy (non-hydrogen) atoms. The van der Waals surface area contributed by atoms with Gasteiger partial charge in [0.15, 0.2) is 5.82 Å². The van der Waals surface area contributed by atoms with E-state index >= 15 is 0 Å². The zero-order valence-corrected chi connectivity index (χ0v) is 72.5. The highest BCUT2D eigenvalue weighted by atomic mass is 15.2. The Labute approximate surface area is 750 Å². The van der Waals surface area contributed by atoms with Gasteiger partial charge in [-0.25, -0.2) is 9.97 Å². The summed E-state index contributed by atoms with van der Waals surface area (Å²) in [6.45, 7) is 14.2. The topological polar surface area (TPSA) is 50.3 Å². The summed E-state index contributed by atoms with van der Waals surface area (Å²) >= 11 is 0. The number of rotatable bonds is 15. The minimum absolute atomic E-state index is 0.260. The van der Waals surface area contributed by atoms with Gasteiger partial charge in [-0.1, -0.05) is 278 Å². The van der Waals surface area contributed by atoms with E-state index in [0.717, 1.165) is 146 Å². The third-order valence-electron chi connectivity index (χ3n) is 28.2. The Balaban J connectivity index is 0.698. The molecule has 612 valence electrons. The molecule has 0 aliphatic heterocycles. The fraction of sp³-hybridized carbons (Fsp3) is 0.0744. The van der Waals surface area contributed by atoms with Gasteiger partial charge in [-0.05, 0) is 255 Å². The van der Waals surface area contributed by atoms with Gasteiger partial charge >= 0.3 is 0 Å². The SMILES string of the molecule is CC1(C)c2ccccc2-c2ccc(N(c3cccc(-c4cc(-c5cccc(N(c6ccc7c(c6)C(C)(C)c6ccccc6-7)c6ccc7c(c6)c6ccccc6n7-c6ccccc6)c5)nc(-c5cccc(N(c6ccc7c(c6)C(C)(C)c6ccccc6-7)c6ccc7c(c6)c6ccccc6n7-c6ccccc6)c5)n4)c3)c3ccc4c(c3)c3ccccc3n4-c3ccccc3)cc21. The van der Waals surface area contributed by atoms with E-state index in [4.69, 9.17) is 9.97 Å². The molecule has 3 aliphatic rings. The van der Waals surface area contributed by atoms with Crippen molar-refractivity contribution in [2.45, 2.75) is 57.8 Å². The molecule has 0 atom stereocenters. The second-order valence-electron chi connectivity index (χ2n) is 36.5. The Morgan fingerprint density at radius 2 is 0.442 bits per heavy atom. The summed E-state index contributed by atoms with van der Waals surface area (Å²) in [4.78, 5) is 19.2. The van der Waals surface area contributed by atoms with Crippen molar-refractivity contribution in [1.29, 1.82) is 0 Å². The monoisotopic (exact) mass is 1650 g/mol. The van der Waals surface area contributed by atoms with Crippen LogP contribution in [0.25, 0.3) is 150 Å². The lowest BCUT2D eigenvalue weighted by Gasteiger charge is -2.29. The van der Waals surface area contributed by atoms with Crippen LogP contribution >= 0.6 is 0 Å². The summed E-state index contributed by atoms with van der Waals surface area (Å²) in [5.41, 5.74) is 38.4. The Kier molecular flexibility index (Phi) is 16.9. The summed E-state index contributed by atoms with van der Waals surface area (Å²) in [5, 5.41) is 7.04. The number of para-hydroxylation sites is 6. The van der Waals surface area contributed by atoms with Gasteiger partial charge in [0, 0.05) is 134 Å². The van der Waals surface area contributed by atoms with Gasteiger partial charge in [0.25, 0.3) is 0 Å². The molecule has 4 aromatic heterocycles. The molecular formula is C121H88N8. The van der Waals surface area contributed by atoms with Crippen LogP contribution in [0.2, 0.25) is 0 Å². The Morgan fingerprint density at radius 1 is 0.186 bits per heavy atom. The Hall–Kier alpha value is -16.2. The molecule has 0 spiro atoms. The lowest BCUT2D eigenvalue weighted by Crippen LogP contribution is -2.16. The summed E-state index contributed by atoms with van der Waals surface area (Å²) in [7, 11) is 0. The number of aromatic nitrogens is 5. The second-order valence-corrected chi connectivity index (χ2v) is 36.5. The molecule has 0 bridgehead atoms. The van der Waals surface area contributed by atoms with Crippen molar-refractivity contribution in [3.05, 3.63) is 458 Å². The molecule has 4 heterocycles. The maximum Gasteiger partial charge on any atom is 0.160 e. The molecule has 0 amide bonds. The lowest BCUT2D eigenvalue weighted by atomic mass is 9.82. The van der Waals surface area contributed by atoms with Crippen LogP contribution in [-0.4, -0.2) is 23.7 Å². The van der Waals surface area contributed by atoms with Crippen LogP contribution in [0.15, 0.2) is 425 Å². The van der Waals surface area contributed by atoms with Crippen LogP contribution in [0.5, 0.6) is 0 Å². The number of fused-ring (bicyclic) bond motifs is 18. The predicted molar refractivity (Wildman–Crippen MR) is 538 cm³/mol. The number of benzene rings is 18. The van der Waals surface area contributed by atoms with Gasteiger partial charge < -0.3 is 28.4 Å². The molecule has 0 fully saturated rings. The van der Waals surface area contributed by atoms with E-state index in [-0.39, 0.29) is 16.2 Å². The van der Waals surface area contributed by atoms with E-state index in [1.54, 1.807) is 0 Å². The van der Waals surface area contributed by atoms with Gasteiger partial charge in [0.05, 0.1) is 44.5 Å². The van der Waals surface area contributed by atoms with Crippen molar-refractivity contribution in [1.82, 2.24) is 23.7 Å². The van der Waals surface area contributed by atoms with Gasteiger partial charge in [-0.2, -0.15) is 0 Å². The third-order valence-corrected chi connectivity index (χ3v) is 28.2. The van der Waals surface area contributed by atoms with Crippen LogP contribution in [0.4, 0.5) is 51.2 Å². The van der Waals surface area contributed by atoms with Crippen molar-refractivity contribution in [3.63, 3.8) is 0 Å². The zero-order chi connectivity index (χ0) is 86.1. The second kappa shape index (κ2) is 29.0. The number of anilines is 9. The van der Waals surface area contributed by atoms with Gasteiger partial charge in [0.2, 0.25) is 0 Å². The van der Waals surface area contributed by atoms with Crippen molar-refractivity contribution >= 4 is 117 Å². The van der Waals surface area contributed by atoms with Crippen LogP contribution in [0.1, 0.15) is 74.9 Å². The fourth-order valence-electron chi connectivity index (χ4n) is 22.0. The quantitative estimate of drug-likeness (QED) is 0.102. The standard InChI is InChI=1S/C121H88N8/c1-119(2)104-49-22-16-43-92(104)95-61-55-89(73-107(95)119)124(86-58-64-115-101(70-86)98-46-19-25-52-112(98)127(115)80-34-10-7-11-35-80)83-40-28-31-77(67-83)110-76-111(78-32-29-41-84(68-78)125(90-56-62-96-93-44-17-23-50-105(93)120(3,4)108(96)74-90)87-59-65-116-102(71-87)99-47-20-26-53-113(99)128(116)81-36-12-8-13-37-81)123-118(122-110)79-33-30-42-85(69-79)126(91-57-63-97-94-45-18-24-51-106(94)121(5,6)109(97)75-91)88-60-66-117-103(72-88)100-48-21-27-54-114(100)129(117)82-38-14-9-15-39-82/h7-76H,1-6H3. The highest BCUT2D eigenvalue weighted by Gasteiger charge is 2.40. The minimum Gasteiger partial charge on any atom is -0.310 e. The Morgan fingerprint density at radius 3 is 0.783 bits per heavy atom. The molecule has 0 N–H and O–H groups in total. The molecule has 0 radical (unpaired) electrons. The maximum absolute atomic E-state index is 5.91. The Bertz CT molecular complexity index is 7580. The molecule has 0 saturated heterocycles. The van der Waals surface area contributed by atoms with Crippen LogP contribution < -0.4 is 14.7 Å². The molecule has 18 aromatic carbocycles. The van der Waals surface area contributed by atoms with Crippen LogP contribution in [0.3, 0.4) is 0 Å². The molecule has 22 aromatic rings. The van der Waals surface area contributed by atoms with E-state index in [2.05, 4.69) is 495 Å². The van der Waals surface area contributed by atoms with Crippen molar-refractivity contribution in [2.75, 3.05) is 14.7 Å². The molecule has 8 heteroatoms. The predicted octanol–water partition coefficient (Wildman–Crippen LogP) is 32.1. The van der Waals surface area contributed by atoms with Crippen molar-refractivity contribution < 1.29 is 0 Å². The third kappa shape index (κ3) is 11.8. The minimum atomic E-state index is -0.263. The first kappa shape index (κ1) is 75.4. The first-order chi connectivity index (χ1) is 63.2. The van der Waals surface area contributed by atoms with E-state index in [1.165, 1.54) is 82.9 Å². The molecule has 8 nitrogen and oxygen atoms in total. The van der Waals surface area contributed by atoms with Gasteiger partial charge in [-0.3, -0.25) is 0 Å². The lowest BCUT2D eigenvalue weighted by molar-refractivity contribution is 0.660. The van der Waals surface area contributed by atoms with Crippen LogP contribution in [-0.2, 0) is 16.2 Å². The van der Waals surface area contributed by atoms with E-state index in [0.29, 0.717) is 5.82 Å². The van der Waals surface area contributed by atoms with E-state index in [9.17, 15) is 0 Å².